The zero-order valence-electron chi connectivity index (χ0n) is 7.66. The van der Waals surface area contributed by atoms with Gasteiger partial charge in [0.25, 0.3) is 0 Å². The van der Waals surface area contributed by atoms with Crippen molar-refractivity contribution in [3.8, 4) is 5.75 Å². The van der Waals surface area contributed by atoms with E-state index in [-0.39, 0.29) is 0 Å². The van der Waals surface area contributed by atoms with E-state index < -0.39 is 29.8 Å². The molecule has 0 aromatic heterocycles. The average Bonchev–Trinajstić information content (AvgIpc) is 2.16. The van der Waals surface area contributed by atoms with Crippen molar-refractivity contribution in [3.05, 3.63) is 29.8 Å². The normalized spacial score (nSPS) is 13.2. The van der Waals surface area contributed by atoms with E-state index in [1.807, 2.05) is 0 Å². The van der Waals surface area contributed by atoms with Gasteiger partial charge in [-0.15, -0.1) is 0 Å². The molecule has 3 nitrogen and oxygen atoms in total. The maximum atomic E-state index is 12.6. The van der Waals surface area contributed by atoms with Gasteiger partial charge in [-0.25, -0.2) is 4.79 Å². The van der Waals surface area contributed by atoms with E-state index in [0.717, 1.165) is 12.1 Å². The van der Waals surface area contributed by atoms with Gasteiger partial charge in [0.1, 0.15) is 5.75 Å². The highest BCUT2D eigenvalue weighted by atomic mass is 19.4. The van der Waals surface area contributed by atoms with Crippen LogP contribution in [0.2, 0.25) is 0 Å². The monoisotopic (exact) mass is 238 g/mol. The van der Waals surface area contributed by atoms with Crippen molar-refractivity contribution in [3.63, 3.8) is 0 Å². The minimum absolute atomic E-state index is 0.671. The third-order valence-corrected chi connectivity index (χ3v) is 1.62. The second kappa shape index (κ2) is 4.38. The number of alkyl halides is 4. The topological polar surface area (TPSA) is 46.5 Å². The standard InChI is InChI=1S/C9H6F4O3/c10-7(8(14)15)16-6-4-2-1-3-5(6)9(11,12)13/h1-4,7H,(H,14,15). The van der Waals surface area contributed by atoms with Crippen LogP contribution < -0.4 is 4.74 Å². The molecule has 88 valence electrons. The number of carbonyl (C=O) groups is 1. The number of carboxylic acids is 1. The minimum atomic E-state index is -4.73. The lowest BCUT2D eigenvalue weighted by Crippen LogP contribution is -2.23. The number of aliphatic carboxylic acids is 1. The predicted octanol–water partition coefficient (Wildman–Crippen LogP) is 2.46. The Balaban J connectivity index is 3.01. The van der Waals surface area contributed by atoms with Gasteiger partial charge in [0, 0.05) is 0 Å². The van der Waals surface area contributed by atoms with Gasteiger partial charge in [0.2, 0.25) is 0 Å². The van der Waals surface area contributed by atoms with Crippen LogP contribution in [0, 0.1) is 0 Å². The van der Waals surface area contributed by atoms with Crippen molar-refractivity contribution < 1.29 is 32.2 Å². The summed E-state index contributed by atoms with van der Waals surface area (Å²) in [6, 6.07) is 3.78. The van der Waals surface area contributed by atoms with Crippen molar-refractivity contribution >= 4 is 5.97 Å². The molecule has 0 saturated carbocycles. The molecule has 1 aromatic rings. The molecule has 1 rings (SSSR count). The largest absolute Gasteiger partial charge is 0.476 e. The smallest absolute Gasteiger partial charge is 0.419 e. The summed E-state index contributed by atoms with van der Waals surface area (Å²) in [4.78, 5) is 10.1. The van der Waals surface area contributed by atoms with Crippen molar-refractivity contribution in [2.24, 2.45) is 0 Å². The minimum Gasteiger partial charge on any atom is -0.476 e. The molecule has 0 bridgehead atoms. The van der Waals surface area contributed by atoms with E-state index in [1.54, 1.807) is 0 Å². The molecule has 1 N–H and O–H groups in total. The fourth-order valence-corrected chi connectivity index (χ4v) is 0.965. The number of para-hydroxylation sites is 1. The van der Waals surface area contributed by atoms with Crippen LogP contribution in [0.4, 0.5) is 17.6 Å². The molecular formula is C9H6F4O3. The Bertz CT molecular complexity index is 389. The van der Waals surface area contributed by atoms with Crippen LogP contribution in [0.5, 0.6) is 5.75 Å². The SMILES string of the molecule is O=C(O)C(F)Oc1ccccc1C(F)(F)F. The van der Waals surface area contributed by atoms with E-state index >= 15 is 0 Å². The Morgan fingerprint density at radius 3 is 2.38 bits per heavy atom. The molecule has 0 amide bonds. The van der Waals surface area contributed by atoms with Crippen molar-refractivity contribution in [2.75, 3.05) is 0 Å². The van der Waals surface area contributed by atoms with Gasteiger partial charge in [0.15, 0.2) is 0 Å². The molecule has 0 heterocycles. The first kappa shape index (κ1) is 12.3. The zero-order valence-corrected chi connectivity index (χ0v) is 7.66. The van der Waals surface area contributed by atoms with Gasteiger partial charge in [-0.1, -0.05) is 12.1 Å². The zero-order chi connectivity index (χ0) is 12.3. The molecule has 0 aliphatic carbocycles. The van der Waals surface area contributed by atoms with E-state index in [0.29, 0.717) is 6.07 Å². The number of carboxylic acid groups (broad SMARTS) is 1. The van der Waals surface area contributed by atoms with Gasteiger partial charge in [-0.3, -0.25) is 0 Å². The lowest BCUT2D eigenvalue weighted by atomic mass is 10.2. The van der Waals surface area contributed by atoms with Gasteiger partial charge in [0.05, 0.1) is 5.56 Å². The molecule has 1 aromatic carbocycles. The Labute approximate surface area is 87.3 Å². The highest BCUT2D eigenvalue weighted by Crippen LogP contribution is 2.36. The third-order valence-electron chi connectivity index (χ3n) is 1.62. The van der Waals surface area contributed by atoms with Crippen molar-refractivity contribution in [2.45, 2.75) is 12.5 Å². The average molecular weight is 238 g/mol. The molecule has 7 heteroatoms. The molecular weight excluding hydrogens is 232 g/mol. The molecule has 0 saturated heterocycles. The van der Waals surface area contributed by atoms with E-state index in [2.05, 4.69) is 4.74 Å². The first-order valence-corrected chi connectivity index (χ1v) is 4.02. The number of rotatable bonds is 3. The summed E-state index contributed by atoms with van der Waals surface area (Å²) >= 11 is 0. The molecule has 0 aliphatic heterocycles. The van der Waals surface area contributed by atoms with Gasteiger partial charge < -0.3 is 9.84 Å². The second-order valence-corrected chi connectivity index (χ2v) is 2.77. The summed E-state index contributed by atoms with van der Waals surface area (Å²) in [6.45, 7) is 0. The third kappa shape index (κ3) is 2.85. The van der Waals surface area contributed by atoms with E-state index in [1.165, 1.54) is 6.07 Å². The number of ether oxygens (including phenoxy) is 1. The molecule has 16 heavy (non-hydrogen) atoms. The summed E-state index contributed by atoms with van der Waals surface area (Å²) < 4.78 is 53.7. The maximum Gasteiger partial charge on any atom is 0.419 e. The Kier molecular flexibility index (Phi) is 3.36. The van der Waals surface area contributed by atoms with E-state index in [9.17, 15) is 22.4 Å². The van der Waals surface area contributed by atoms with Gasteiger partial charge in [-0.05, 0) is 12.1 Å². The molecule has 0 radical (unpaired) electrons. The molecule has 1 unspecified atom stereocenters. The van der Waals surface area contributed by atoms with Gasteiger partial charge in [-0.2, -0.15) is 17.6 Å². The number of benzene rings is 1. The summed E-state index contributed by atoms with van der Waals surface area (Å²) in [7, 11) is 0. The molecule has 0 spiro atoms. The Hall–Kier alpha value is -1.79. The fraction of sp³-hybridized carbons (Fsp3) is 0.222. The number of halogens is 4. The maximum absolute atomic E-state index is 12.6. The summed E-state index contributed by atoms with van der Waals surface area (Å²) in [5.74, 6) is -2.85. The van der Waals surface area contributed by atoms with Gasteiger partial charge >= 0.3 is 18.5 Å². The van der Waals surface area contributed by atoms with Crippen LogP contribution in [-0.4, -0.2) is 17.4 Å². The van der Waals surface area contributed by atoms with Crippen molar-refractivity contribution in [1.29, 1.82) is 0 Å². The highest BCUT2D eigenvalue weighted by Gasteiger charge is 2.35. The van der Waals surface area contributed by atoms with Crippen molar-refractivity contribution in [1.82, 2.24) is 0 Å². The van der Waals surface area contributed by atoms with Crippen LogP contribution in [0.3, 0.4) is 0 Å². The number of hydrogen-bond acceptors (Lipinski definition) is 2. The van der Waals surface area contributed by atoms with Crippen LogP contribution >= 0.6 is 0 Å². The Morgan fingerprint density at radius 1 is 1.31 bits per heavy atom. The molecule has 0 fully saturated rings. The lowest BCUT2D eigenvalue weighted by molar-refractivity contribution is -0.156. The van der Waals surface area contributed by atoms with Crippen LogP contribution in [0.15, 0.2) is 24.3 Å². The molecule has 0 aliphatic rings. The summed E-state index contributed by atoms with van der Waals surface area (Å²) in [5.41, 5.74) is -1.22. The Morgan fingerprint density at radius 2 is 1.88 bits per heavy atom. The van der Waals surface area contributed by atoms with E-state index in [4.69, 9.17) is 5.11 Å². The quantitative estimate of drug-likeness (QED) is 0.823. The lowest BCUT2D eigenvalue weighted by Gasteiger charge is -2.13. The van der Waals surface area contributed by atoms with Crippen LogP contribution in [0.25, 0.3) is 0 Å². The first-order valence-electron chi connectivity index (χ1n) is 4.02. The summed E-state index contributed by atoms with van der Waals surface area (Å²) in [6.07, 6.45) is -7.56. The molecule has 1 atom stereocenters. The fourth-order valence-electron chi connectivity index (χ4n) is 0.965. The van der Waals surface area contributed by atoms with Crippen LogP contribution in [0.1, 0.15) is 5.56 Å². The summed E-state index contributed by atoms with van der Waals surface area (Å²) in [5, 5.41) is 8.16. The number of hydrogen-bond donors (Lipinski definition) is 1. The highest BCUT2D eigenvalue weighted by molar-refractivity contribution is 5.71. The predicted molar refractivity (Wildman–Crippen MR) is 44.6 cm³/mol. The second-order valence-electron chi connectivity index (χ2n) is 2.77. The first-order chi connectivity index (χ1) is 7.32. The van der Waals surface area contributed by atoms with Crippen LogP contribution in [-0.2, 0) is 11.0 Å².